The van der Waals surface area contributed by atoms with Gasteiger partial charge in [0.25, 0.3) is 0 Å². The molecule has 0 aromatic heterocycles. The molecular weight excluding hydrogens is 232 g/mol. The monoisotopic (exact) mass is 244 g/mol. The van der Waals surface area contributed by atoms with Crippen molar-refractivity contribution in [3.8, 4) is 0 Å². The van der Waals surface area contributed by atoms with Crippen LogP contribution in [0.5, 0.6) is 0 Å². The van der Waals surface area contributed by atoms with E-state index in [-0.39, 0.29) is 0 Å². The number of hydrogen-bond donors (Lipinski definition) is 2. The van der Waals surface area contributed by atoms with Gasteiger partial charge in [0.05, 0.1) is 5.69 Å². The highest BCUT2D eigenvalue weighted by atomic mass is 32.2. The van der Waals surface area contributed by atoms with Crippen LogP contribution in [0, 0.1) is 0 Å². The lowest BCUT2D eigenvalue weighted by atomic mass is 10.2. The van der Waals surface area contributed by atoms with E-state index in [0.29, 0.717) is 12.2 Å². The maximum atomic E-state index is 10.3. The summed E-state index contributed by atoms with van der Waals surface area (Å²) >= 11 is 0. The Hall–Kier alpha value is -1.35. The summed E-state index contributed by atoms with van der Waals surface area (Å²) in [6.07, 6.45) is 0. The summed E-state index contributed by atoms with van der Waals surface area (Å²) in [4.78, 5) is 0. The van der Waals surface area contributed by atoms with Crippen LogP contribution in [-0.2, 0) is 16.8 Å². The second kappa shape index (κ2) is 5.12. The molecule has 0 radical (unpaired) electrons. The first-order valence-corrected chi connectivity index (χ1v) is 5.72. The van der Waals surface area contributed by atoms with Crippen LogP contribution in [0.1, 0.15) is 5.56 Å². The molecule has 0 saturated heterocycles. The van der Waals surface area contributed by atoms with E-state index in [2.05, 4.69) is 9.63 Å². The zero-order valence-corrected chi connectivity index (χ0v) is 9.42. The summed E-state index contributed by atoms with van der Waals surface area (Å²) < 4.78 is 31.7. The standard InChI is InChI=1S/C8H12N4O3S/c1-12(9)6-7-2-4-8(5-3-7)10-11-16(13,14)15/h2-5H,6,9H2,1H3,(H,13,14,15). The number of nitrogens with two attached hydrogens (primary N) is 1. The van der Waals surface area contributed by atoms with Crippen molar-refractivity contribution in [2.45, 2.75) is 6.54 Å². The Morgan fingerprint density at radius 2 is 1.94 bits per heavy atom. The lowest BCUT2D eigenvalue weighted by Gasteiger charge is -2.08. The largest absolute Gasteiger partial charge is 0.396 e. The summed E-state index contributed by atoms with van der Waals surface area (Å²) in [5.74, 6) is 5.46. The average Bonchev–Trinajstić information content (AvgIpc) is 2.14. The molecule has 1 aromatic carbocycles. The molecule has 0 amide bonds. The molecule has 0 atom stereocenters. The number of rotatable bonds is 4. The second-order valence-corrected chi connectivity index (χ2v) is 4.27. The third-order valence-electron chi connectivity index (χ3n) is 1.63. The van der Waals surface area contributed by atoms with E-state index < -0.39 is 10.3 Å². The fraction of sp³-hybridized carbons (Fsp3) is 0.250. The van der Waals surface area contributed by atoms with Gasteiger partial charge in [0.15, 0.2) is 0 Å². The minimum Gasteiger partial charge on any atom is -0.269 e. The molecule has 0 fully saturated rings. The van der Waals surface area contributed by atoms with Gasteiger partial charge < -0.3 is 0 Å². The molecule has 0 bridgehead atoms. The molecule has 0 spiro atoms. The molecule has 0 heterocycles. The molecule has 0 aliphatic heterocycles. The lowest BCUT2D eigenvalue weighted by molar-refractivity contribution is 0.341. The van der Waals surface area contributed by atoms with E-state index in [9.17, 15) is 8.42 Å². The van der Waals surface area contributed by atoms with Crippen LogP contribution in [-0.4, -0.2) is 25.0 Å². The van der Waals surface area contributed by atoms with E-state index in [1.165, 1.54) is 5.01 Å². The highest BCUT2D eigenvalue weighted by Crippen LogP contribution is 2.14. The van der Waals surface area contributed by atoms with Gasteiger partial charge in [-0.2, -0.15) is 8.42 Å². The Bertz CT molecular complexity index is 467. The predicted molar refractivity (Wildman–Crippen MR) is 58.2 cm³/mol. The Morgan fingerprint density at radius 1 is 1.38 bits per heavy atom. The third kappa shape index (κ3) is 4.94. The molecule has 0 aliphatic rings. The summed E-state index contributed by atoms with van der Waals surface area (Å²) in [5, 5.41) is 4.85. The fourth-order valence-electron chi connectivity index (χ4n) is 1.05. The highest BCUT2D eigenvalue weighted by molar-refractivity contribution is 7.84. The van der Waals surface area contributed by atoms with Crippen LogP contribution in [0.2, 0.25) is 0 Å². The molecule has 1 rings (SSSR count). The van der Waals surface area contributed by atoms with E-state index >= 15 is 0 Å². The number of nitrogens with zero attached hydrogens (tertiary/aromatic N) is 3. The van der Waals surface area contributed by atoms with Crippen molar-refractivity contribution in [3.63, 3.8) is 0 Å². The first kappa shape index (κ1) is 12.7. The first-order chi connectivity index (χ1) is 7.37. The van der Waals surface area contributed by atoms with Crippen LogP contribution in [0.15, 0.2) is 33.9 Å². The minimum atomic E-state index is -4.42. The quantitative estimate of drug-likeness (QED) is 0.353. The topological polar surface area (TPSA) is 108 Å². The van der Waals surface area contributed by atoms with E-state index in [1.807, 2.05) is 0 Å². The molecule has 8 heteroatoms. The van der Waals surface area contributed by atoms with Crippen LogP contribution >= 0.6 is 0 Å². The second-order valence-electron chi connectivity index (χ2n) is 3.21. The number of hydrogen-bond acceptors (Lipinski definition) is 5. The smallest absolute Gasteiger partial charge is 0.269 e. The summed E-state index contributed by atoms with van der Waals surface area (Å²) in [5.41, 5.74) is 1.29. The number of hydrazine groups is 1. The normalized spacial score (nSPS) is 12.5. The van der Waals surface area contributed by atoms with Gasteiger partial charge in [-0.3, -0.25) is 10.4 Å². The third-order valence-corrected chi connectivity index (χ3v) is 1.92. The summed E-state index contributed by atoms with van der Waals surface area (Å²) in [6, 6.07) is 6.63. The number of benzene rings is 1. The van der Waals surface area contributed by atoms with Crippen LogP contribution < -0.4 is 5.84 Å². The van der Waals surface area contributed by atoms with Crippen molar-refractivity contribution >= 4 is 16.0 Å². The predicted octanol–water partition coefficient (Wildman–Crippen LogP) is 0.879. The van der Waals surface area contributed by atoms with Gasteiger partial charge in [-0.15, -0.1) is 5.11 Å². The van der Waals surface area contributed by atoms with Crippen LogP contribution in [0.4, 0.5) is 5.69 Å². The van der Waals surface area contributed by atoms with Gasteiger partial charge >= 0.3 is 10.3 Å². The SMILES string of the molecule is CN(N)Cc1ccc(N=NS(=O)(=O)O)cc1. The molecule has 0 unspecified atom stereocenters. The summed E-state index contributed by atoms with van der Waals surface area (Å²) in [7, 11) is -2.69. The first-order valence-electron chi connectivity index (χ1n) is 4.32. The van der Waals surface area contributed by atoms with Crippen molar-refractivity contribution < 1.29 is 13.0 Å². The maximum Gasteiger partial charge on any atom is 0.396 e. The molecule has 16 heavy (non-hydrogen) atoms. The molecular formula is C8H12N4O3S. The Balaban J connectivity index is 2.76. The van der Waals surface area contributed by atoms with Crippen molar-refractivity contribution in [2.75, 3.05) is 7.05 Å². The van der Waals surface area contributed by atoms with Crippen LogP contribution in [0.25, 0.3) is 0 Å². The van der Waals surface area contributed by atoms with Gasteiger partial charge in [-0.05, 0) is 22.2 Å². The molecule has 3 N–H and O–H groups in total. The minimum absolute atomic E-state index is 0.334. The van der Waals surface area contributed by atoms with Gasteiger partial charge in [-0.25, -0.2) is 5.01 Å². The zero-order chi connectivity index (χ0) is 12.2. The van der Waals surface area contributed by atoms with Crippen LogP contribution in [0.3, 0.4) is 0 Å². The van der Waals surface area contributed by atoms with Crippen molar-refractivity contribution in [3.05, 3.63) is 29.8 Å². The molecule has 88 valence electrons. The Labute approximate surface area is 93.4 Å². The Morgan fingerprint density at radius 3 is 2.38 bits per heavy atom. The van der Waals surface area contributed by atoms with E-state index in [1.54, 1.807) is 31.3 Å². The average molecular weight is 244 g/mol. The lowest BCUT2D eigenvalue weighted by Crippen LogP contribution is -2.24. The van der Waals surface area contributed by atoms with Gasteiger partial charge in [-0.1, -0.05) is 12.1 Å². The zero-order valence-electron chi connectivity index (χ0n) is 8.61. The van der Waals surface area contributed by atoms with E-state index in [0.717, 1.165) is 5.56 Å². The molecule has 0 saturated carbocycles. The summed E-state index contributed by atoms with van der Waals surface area (Å²) in [6.45, 7) is 0.565. The molecule has 1 aromatic rings. The maximum absolute atomic E-state index is 10.3. The van der Waals surface area contributed by atoms with Gasteiger partial charge in [0.1, 0.15) is 0 Å². The van der Waals surface area contributed by atoms with Crippen molar-refractivity contribution in [1.82, 2.24) is 5.01 Å². The van der Waals surface area contributed by atoms with Crippen molar-refractivity contribution in [1.29, 1.82) is 0 Å². The fourth-order valence-corrected chi connectivity index (χ4v) is 1.25. The van der Waals surface area contributed by atoms with E-state index in [4.69, 9.17) is 10.4 Å². The molecule has 0 aliphatic carbocycles. The van der Waals surface area contributed by atoms with Crippen molar-refractivity contribution in [2.24, 2.45) is 15.5 Å². The van der Waals surface area contributed by atoms with Gasteiger partial charge in [0.2, 0.25) is 0 Å². The highest BCUT2D eigenvalue weighted by Gasteiger charge is 1.99. The molecule has 7 nitrogen and oxygen atoms in total. The van der Waals surface area contributed by atoms with Gasteiger partial charge in [0, 0.05) is 13.6 Å². The Kier molecular flexibility index (Phi) is 4.07.